The fraction of sp³-hybridized carbons (Fsp3) is 0.440. The van der Waals surface area contributed by atoms with Crippen LogP contribution in [0.2, 0.25) is 5.02 Å². The van der Waals surface area contributed by atoms with Gasteiger partial charge in [0.15, 0.2) is 0 Å². The summed E-state index contributed by atoms with van der Waals surface area (Å²) in [5.41, 5.74) is 2.40. The van der Waals surface area contributed by atoms with Gasteiger partial charge in [-0.2, -0.15) is 0 Å². The van der Waals surface area contributed by atoms with E-state index in [-0.39, 0.29) is 0 Å². The highest BCUT2D eigenvalue weighted by Crippen LogP contribution is 2.34. The lowest BCUT2D eigenvalue weighted by Crippen LogP contribution is -2.55. The zero-order chi connectivity index (χ0) is 22.9. The van der Waals surface area contributed by atoms with Crippen molar-refractivity contribution in [3.8, 4) is 11.8 Å². The molecule has 0 amide bonds. The van der Waals surface area contributed by atoms with Crippen LogP contribution in [0.1, 0.15) is 47.6 Å². The highest BCUT2D eigenvalue weighted by atomic mass is 35.5. The molecule has 1 aliphatic heterocycles. The molecule has 1 saturated heterocycles. The van der Waals surface area contributed by atoms with Gasteiger partial charge in [0.1, 0.15) is 36.1 Å². The van der Waals surface area contributed by atoms with E-state index in [4.69, 9.17) is 16.3 Å². The van der Waals surface area contributed by atoms with E-state index in [9.17, 15) is 25.5 Å². The SMILES string of the molecule is OC[C@H]1O[C@@H](c2ccc(Cl)c(Cc3ccc(C#CC4(O)CCC4)cc3)c2)[C@H](O)C(O)[C@@H]1O. The first-order valence-corrected chi connectivity index (χ1v) is 11.1. The predicted octanol–water partition coefficient (Wildman–Crippen LogP) is 1.71. The van der Waals surface area contributed by atoms with E-state index in [1.807, 2.05) is 24.3 Å². The van der Waals surface area contributed by atoms with E-state index in [2.05, 4.69) is 11.8 Å². The summed E-state index contributed by atoms with van der Waals surface area (Å²) in [5, 5.41) is 50.6. The molecule has 6 nitrogen and oxygen atoms in total. The maximum Gasteiger partial charge on any atom is 0.125 e. The Kier molecular flexibility index (Phi) is 6.89. The van der Waals surface area contributed by atoms with Gasteiger partial charge in [-0.15, -0.1) is 0 Å². The van der Waals surface area contributed by atoms with Crippen molar-refractivity contribution in [3.63, 3.8) is 0 Å². The minimum atomic E-state index is -1.43. The molecule has 1 aliphatic carbocycles. The van der Waals surface area contributed by atoms with Crippen molar-refractivity contribution in [2.75, 3.05) is 6.61 Å². The fourth-order valence-electron chi connectivity index (χ4n) is 4.04. The quantitative estimate of drug-likeness (QED) is 0.446. The Bertz CT molecular complexity index is 1010. The molecule has 0 spiro atoms. The van der Waals surface area contributed by atoms with E-state index in [1.165, 1.54) is 0 Å². The number of hydrogen-bond acceptors (Lipinski definition) is 6. The molecule has 1 heterocycles. The molecule has 32 heavy (non-hydrogen) atoms. The normalized spacial score (nSPS) is 29.0. The third-order valence-corrected chi connectivity index (χ3v) is 6.63. The topological polar surface area (TPSA) is 110 Å². The highest BCUT2D eigenvalue weighted by Gasteiger charge is 2.44. The van der Waals surface area contributed by atoms with Crippen LogP contribution in [-0.2, 0) is 11.2 Å². The van der Waals surface area contributed by atoms with Crippen LogP contribution in [0.3, 0.4) is 0 Å². The molecule has 2 fully saturated rings. The fourth-order valence-corrected chi connectivity index (χ4v) is 4.22. The number of benzene rings is 2. The molecule has 5 N–H and O–H groups in total. The highest BCUT2D eigenvalue weighted by molar-refractivity contribution is 6.31. The van der Waals surface area contributed by atoms with Crippen LogP contribution < -0.4 is 0 Å². The van der Waals surface area contributed by atoms with Gasteiger partial charge in [-0.3, -0.25) is 0 Å². The van der Waals surface area contributed by atoms with Crippen molar-refractivity contribution < 1.29 is 30.3 Å². The van der Waals surface area contributed by atoms with Crippen LogP contribution in [0.4, 0.5) is 0 Å². The third kappa shape index (κ3) is 4.85. The minimum absolute atomic E-state index is 0.478. The van der Waals surface area contributed by atoms with Crippen molar-refractivity contribution in [1.82, 2.24) is 0 Å². The van der Waals surface area contributed by atoms with E-state index in [1.54, 1.807) is 18.2 Å². The lowest BCUT2D eigenvalue weighted by Gasteiger charge is -2.40. The molecule has 4 rings (SSSR count). The number of hydrogen-bond donors (Lipinski definition) is 5. The Morgan fingerprint density at radius 1 is 1.00 bits per heavy atom. The molecule has 7 heteroatoms. The summed E-state index contributed by atoms with van der Waals surface area (Å²) in [6.07, 6.45) is -3.07. The lowest BCUT2D eigenvalue weighted by atomic mass is 9.81. The molecule has 5 atom stereocenters. The largest absolute Gasteiger partial charge is 0.394 e. The molecular formula is C25H27ClO6. The zero-order valence-electron chi connectivity index (χ0n) is 17.5. The van der Waals surface area contributed by atoms with Crippen LogP contribution in [0.25, 0.3) is 0 Å². The van der Waals surface area contributed by atoms with Crippen molar-refractivity contribution in [2.45, 2.75) is 61.8 Å². The van der Waals surface area contributed by atoms with Crippen LogP contribution >= 0.6 is 11.6 Å². The first-order valence-electron chi connectivity index (χ1n) is 10.7. The van der Waals surface area contributed by atoms with Gasteiger partial charge in [-0.1, -0.05) is 47.7 Å². The van der Waals surface area contributed by atoms with Crippen molar-refractivity contribution >= 4 is 11.6 Å². The second kappa shape index (κ2) is 9.50. The monoisotopic (exact) mass is 458 g/mol. The second-order valence-corrected chi connectivity index (χ2v) is 9.02. The first kappa shape index (κ1) is 23.2. The van der Waals surface area contributed by atoms with Crippen LogP contribution in [0, 0.1) is 11.8 Å². The van der Waals surface area contributed by atoms with Crippen LogP contribution in [0.5, 0.6) is 0 Å². The third-order valence-electron chi connectivity index (χ3n) is 6.26. The molecule has 1 unspecified atom stereocenters. The van der Waals surface area contributed by atoms with E-state index >= 15 is 0 Å². The van der Waals surface area contributed by atoms with Gasteiger partial charge >= 0.3 is 0 Å². The summed E-state index contributed by atoms with van der Waals surface area (Å²) >= 11 is 6.40. The van der Waals surface area contributed by atoms with E-state index in [0.717, 1.165) is 36.0 Å². The Morgan fingerprint density at radius 3 is 2.34 bits per heavy atom. The van der Waals surface area contributed by atoms with E-state index < -0.39 is 42.7 Å². The number of ether oxygens (including phenoxy) is 1. The summed E-state index contributed by atoms with van der Waals surface area (Å²) < 4.78 is 5.66. The summed E-state index contributed by atoms with van der Waals surface area (Å²) in [6.45, 7) is -0.478. The van der Waals surface area contributed by atoms with E-state index in [0.29, 0.717) is 17.0 Å². The van der Waals surface area contributed by atoms with Crippen molar-refractivity contribution in [2.24, 2.45) is 0 Å². The van der Waals surface area contributed by atoms with Gasteiger partial charge in [0.2, 0.25) is 0 Å². The number of rotatable bonds is 4. The van der Waals surface area contributed by atoms with Gasteiger partial charge in [0.05, 0.1) is 6.61 Å². The number of aliphatic hydroxyl groups is 5. The Balaban J connectivity index is 1.51. The average Bonchev–Trinajstić information content (AvgIpc) is 2.77. The van der Waals surface area contributed by atoms with Crippen LogP contribution in [-0.4, -0.2) is 62.2 Å². The maximum atomic E-state index is 10.4. The zero-order valence-corrected chi connectivity index (χ0v) is 18.2. The lowest BCUT2D eigenvalue weighted by molar-refractivity contribution is -0.231. The van der Waals surface area contributed by atoms with Crippen LogP contribution in [0.15, 0.2) is 42.5 Å². The minimum Gasteiger partial charge on any atom is -0.394 e. The molecule has 2 aromatic rings. The maximum absolute atomic E-state index is 10.4. The molecule has 2 aliphatic rings. The number of aliphatic hydroxyl groups excluding tert-OH is 4. The summed E-state index contributed by atoms with van der Waals surface area (Å²) in [5.74, 6) is 5.97. The van der Waals surface area contributed by atoms with Gasteiger partial charge in [-0.25, -0.2) is 0 Å². The first-order chi connectivity index (χ1) is 15.3. The van der Waals surface area contributed by atoms with Crippen molar-refractivity contribution in [1.29, 1.82) is 0 Å². The Labute approximate surface area is 192 Å². The average molecular weight is 459 g/mol. The molecule has 170 valence electrons. The Morgan fingerprint density at radius 2 is 1.72 bits per heavy atom. The molecule has 0 bridgehead atoms. The summed E-state index contributed by atoms with van der Waals surface area (Å²) in [6, 6.07) is 12.9. The predicted molar refractivity (Wildman–Crippen MR) is 119 cm³/mol. The van der Waals surface area contributed by atoms with Gasteiger partial charge in [0, 0.05) is 10.6 Å². The smallest absolute Gasteiger partial charge is 0.125 e. The standard InChI is InChI=1S/C25H27ClO6/c26-19-7-6-17(24-23(30)22(29)21(28)20(14-27)32-24)13-18(19)12-16-4-2-15(3-5-16)8-11-25(31)9-1-10-25/h2-7,13,20-24,27-31H,1,9-10,12,14H2/t20-,21-,22?,23-,24+/m1/s1. The van der Waals surface area contributed by atoms with Gasteiger partial charge in [-0.05, 0) is 60.6 Å². The number of halogens is 1. The van der Waals surface area contributed by atoms with Gasteiger partial charge < -0.3 is 30.3 Å². The van der Waals surface area contributed by atoms with Gasteiger partial charge in [0.25, 0.3) is 0 Å². The second-order valence-electron chi connectivity index (χ2n) is 8.61. The summed E-state index contributed by atoms with van der Waals surface area (Å²) in [4.78, 5) is 0. The molecule has 0 radical (unpaired) electrons. The Hall–Kier alpha value is -1.95. The molecule has 0 aromatic heterocycles. The molecular weight excluding hydrogens is 432 g/mol. The summed E-state index contributed by atoms with van der Waals surface area (Å²) in [7, 11) is 0. The molecule has 2 aromatic carbocycles. The van der Waals surface area contributed by atoms with Crippen molar-refractivity contribution in [3.05, 3.63) is 69.7 Å². The molecule has 1 saturated carbocycles.